The summed E-state index contributed by atoms with van der Waals surface area (Å²) < 4.78 is 28.8. The Morgan fingerprint density at radius 2 is 1.15 bits per heavy atom. The van der Waals surface area contributed by atoms with Crippen molar-refractivity contribution in [1.82, 2.24) is 4.57 Å². The van der Waals surface area contributed by atoms with Crippen LogP contribution in [0.3, 0.4) is 0 Å². The van der Waals surface area contributed by atoms with Crippen molar-refractivity contribution >= 4 is 10.9 Å². The first-order chi connectivity index (χ1) is 20.2. The van der Waals surface area contributed by atoms with E-state index in [0.29, 0.717) is 26.4 Å². The van der Waals surface area contributed by atoms with Crippen LogP contribution in [0.2, 0.25) is 0 Å². The molecule has 5 aromatic rings. The van der Waals surface area contributed by atoms with Gasteiger partial charge in [0.05, 0.1) is 32.1 Å². The monoisotopic (exact) mass is 547 g/mol. The number of rotatable bonds is 11. The van der Waals surface area contributed by atoms with Gasteiger partial charge in [-0.15, -0.1) is 0 Å². The summed E-state index contributed by atoms with van der Waals surface area (Å²) in [5, 5.41) is 1.22. The molecular formula is C36H37NO4. The Morgan fingerprint density at radius 1 is 0.634 bits per heavy atom. The summed E-state index contributed by atoms with van der Waals surface area (Å²) in [5.41, 5.74) is 6.85. The minimum Gasteiger partial charge on any atom is -0.374 e. The molecule has 1 aliphatic rings. The van der Waals surface area contributed by atoms with Crippen molar-refractivity contribution in [3.8, 4) is 0 Å². The van der Waals surface area contributed by atoms with Gasteiger partial charge in [-0.25, -0.2) is 0 Å². The molecular weight excluding hydrogens is 510 g/mol. The van der Waals surface area contributed by atoms with Crippen LogP contribution in [0.25, 0.3) is 10.9 Å². The van der Waals surface area contributed by atoms with Gasteiger partial charge in [0.2, 0.25) is 0 Å². The van der Waals surface area contributed by atoms with Gasteiger partial charge in [-0.1, -0.05) is 109 Å². The zero-order chi connectivity index (χ0) is 28.0. The van der Waals surface area contributed by atoms with Crippen molar-refractivity contribution in [2.45, 2.75) is 51.2 Å². The third kappa shape index (κ3) is 6.14. The highest BCUT2D eigenvalue weighted by Gasteiger charge is 2.48. The van der Waals surface area contributed by atoms with Crippen LogP contribution in [0.15, 0.2) is 115 Å². The smallest absolute Gasteiger partial charge is 0.127 e. The standard InChI is InChI=1S/C36H37NO4/c1-26-30-20-12-13-21-31(30)37(2)33(26)35-36(40-24-29-18-10-5-11-19-29)34(39-23-28-16-8-4-9-17-28)32(41-35)25-38-22-27-14-6-3-7-15-27/h3-21,32,34-36H,22-25H2,1-2H3/t32-,34-,35?,36-/m1/s1. The molecule has 0 spiro atoms. The summed E-state index contributed by atoms with van der Waals surface area (Å²) in [6, 6.07) is 39.3. The molecule has 0 saturated carbocycles. The first-order valence-corrected chi connectivity index (χ1v) is 14.3. The van der Waals surface area contributed by atoms with E-state index in [1.807, 2.05) is 54.6 Å². The Morgan fingerprint density at radius 3 is 1.73 bits per heavy atom. The average molecular weight is 548 g/mol. The van der Waals surface area contributed by atoms with Gasteiger partial charge in [0, 0.05) is 18.0 Å². The van der Waals surface area contributed by atoms with Crippen LogP contribution >= 0.6 is 0 Å². The number of aromatic nitrogens is 1. The van der Waals surface area contributed by atoms with Crippen LogP contribution in [0.4, 0.5) is 0 Å². The number of ether oxygens (including phenoxy) is 4. The predicted molar refractivity (Wildman–Crippen MR) is 161 cm³/mol. The number of aryl methyl sites for hydroxylation is 2. The number of hydrogen-bond acceptors (Lipinski definition) is 4. The lowest BCUT2D eigenvalue weighted by Gasteiger charge is -2.26. The van der Waals surface area contributed by atoms with E-state index in [2.05, 4.69) is 79.2 Å². The predicted octanol–water partition coefficient (Wildman–Crippen LogP) is 7.31. The maximum absolute atomic E-state index is 6.88. The second-order valence-electron chi connectivity index (χ2n) is 10.7. The lowest BCUT2D eigenvalue weighted by Crippen LogP contribution is -2.38. The van der Waals surface area contributed by atoms with Crippen molar-refractivity contribution in [2.24, 2.45) is 7.05 Å². The number of nitrogens with zero attached hydrogens (tertiary/aromatic N) is 1. The van der Waals surface area contributed by atoms with Crippen LogP contribution in [-0.2, 0) is 45.8 Å². The minimum absolute atomic E-state index is 0.300. The Bertz CT molecular complexity index is 1490. The number of fused-ring (bicyclic) bond motifs is 1. The summed E-state index contributed by atoms with van der Waals surface area (Å²) in [4.78, 5) is 0. The fraction of sp³-hybridized carbons (Fsp3) is 0.278. The summed E-state index contributed by atoms with van der Waals surface area (Å²) in [5.74, 6) is 0. The molecule has 1 aromatic heterocycles. The van der Waals surface area contributed by atoms with Gasteiger partial charge >= 0.3 is 0 Å². The average Bonchev–Trinajstić information content (AvgIpc) is 3.49. The summed E-state index contributed by atoms with van der Waals surface area (Å²) >= 11 is 0. The second-order valence-corrected chi connectivity index (χ2v) is 10.7. The second kappa shape index (κ2) is 12.8. The molecule has 4 aromatic carbocycles. The Balaban J connectivity index is 1.32. The first-order valence-electron chi connectivity index (χ1n) is 14.3. The molecule has 5 heteroatoms. The number of hydrogen-bond donors (Lipinski definition) is 0. The molecule has 6 rings (SSSR count). The number of para-hydroxylation sites is 1. The quantitative estimate of drug-likeness (QED) is 0.174. The topological polar surface area (TPSA) is 41.9 Å². The molecule has 0 N–H and O–H groups in total. The summed E-state index contributed by atoms with van der Waals surface area (Å²) in [6.07, 6.45) is -1.27. The molecule has 0 amide bonds. The van der Waals surface area contributed by atoms with Crippen LogP contribution in [0, 0.1) is 6.92 Å². The van der Waals surface area contributed by atoms with Gasteiger partial charge in [-0.2, -0.15) is 0 Å². The van der Waals surface area contributed by atoms with E-state index in [9.17, 15) is 0 Å². The van der Waals surface area contributed by atoms with E-state index < -0.39 is 0 Å². The molecule has 1 aliphatic heterocycles. The third-order valence-electron chi connectivity index (χ3n) is 7.96. The molecule has 210 valence electrons. The lowest BCUT2D eigenvalue weighted by molar-refractivity contribution is -0.0898. The molecule has 0 bridgehead atoms. The van der Waals surface area contributed by atoms with Gasteiger partial charge in [0.25, 0.3) is 0 Å². The fourth-order valence-electron chi connectivity index (χ4n) is 5.87. The van der Waals surface area contributed by atoms with E-state index >= 15 is 0 Å². The Kier molecular flexibility index (Phi) is 8.59. The van der Waals surface area contributed by atoms with Crippen LogP contribution in [0.1, 0.15) is 34.1 Å². The van der Waals surface area contributed by atoms with Crippen molar-refractivity contribution in [2.75, 3.05) is 6.61 Å². The lowest BCUT2D eigenvalue weighted by atomic mass is 10.0. The van der Waals surface area contributed by atoms with E-state index in [4.69, 9.17) is 18.9 Å². The van der Waals surface area contributed by atoms with E-state index in [1.165, 1.54) is 16.5 Å². The Hall–Kier alpha value is -3.74. The molecule has 41 heavy (non-hydrogen) atoms. The van der Waals surface area contributed by atoms with Gasteiger partial charge in [0.1, 0.15) is 24.4 Å². The molecule has 5 nitrogen and oxygen atoms in total. The highest BCUT2D eigenvalue weighted by molar-refractivity contribution is 5.85. The van der Waals surface area contributed by atoms with Gasteiger partial charge in [-0.3, -0.25) is 0 Å². The SMILES string of the molecule is Cc1c(C2O[C@H](COCc3ccccc3)[C@@H](OCc3ccccc3)[C@H]2OCc2ccccc2)n(C)c2ccccc12. The van der Waals surface area contributed by atoms with Gasteiger partial charge in [0.15, 0.2) is 0 Å². The van der Waals surface area contributed by atoms with Crippen molar-refractivity contribution in [1.29, 1.82) is 0 Å². The van der Waals surface area contributed by atoms with Crippen LogP contribution in [0.5, 0.6) is 0 Å². The van der Waals surface area contributed by atoms with Crippen LogP contribution < -0.4 is 0 Å². The maximum atomic E-state index is 6.88. The van der Waals surface area contributed by atoms with E-state index in [1.54, 1.807) is 0 Å². The fourth-order valence-corrected chi connectivity index (χ4v) is 5.87. The molecule has 1 unspecified atom stereocenters. The summed E-state index contributed by atoms with van der Waals surface area (Å²) in [7, 11) is 2.11. The summed E-state index contributed by atoms with van der Waals surface area (Å²) in [6.45, 7) is 4.03. The largest absolute Gasteiger partial charge is 0.374 e. The van der Waals surface area contributed by atoms with Crippen molar-refractivity contribution < 1.29 is 18.9 Å². The number of benzene rings is 4. The van der Waals surface area contributed by atoms with Crippen molar-refractivity contribution in [3.05, 3.63) is 143 Å². The first kappa shape index (κ1) is 27.4. The molecule has 4 atom stereocenters. The third-order valence-corrected chi connectivity index (χ3v) is 7.96. The van der Waals surface area contributed by atoms with Crippen LogP contribution in [-0.4, -0.2) is 29.5 Å². The zero-order valence-electron chi connectivity index (χ0n) is 23.7. The molecule has 1 saturated heterocycles. The van der Waals surface area contributed by atoms with Gasteiger partial charge < -0.3 is 23.5 Å². The molecule has 0 radical (unpaired) electrons. The van der Waals surface area contributed by atoms with E-state index in [-0.39, 0.29) is 24.4 Å². The zero-order valence-corrected chi connectivity index (χ0v) is 23.7. The Labute approximate surface area is 242 Å². The van der Waals surface area contributed by atoms with Crippen molar-refractivity contribution in [3.63, 3.8) is 0 Å². The minimum atomic E-state index is -0.328. The highest BCUT2D eigenvalue weighted by Crippen LogP contribution is 2.42. The molecule has 0 aliphatic carbocycles. The molecule has 2 heterocycles. The molecule has 1 fully saturated rings. The highest BCUT2D eigenvalue weighted by atomic mass is 16.6. The normalized spacial score (nSPS) is 20.5. The van der Waals surface area contributed by atoms with Gasteiger partial charge in [-0.05, 0) is 35.2 Å². The maximum Gasteiger partial charge on any atom is 0.127 e. The van der Waals surface area contributed by atoms with E-state index in [0.717, 1.165) is 22.4 Å².